The topological polar surface area (TPSA) is 75.4 Å². The third-order valence-electron chi connectivity index (χ3n) is 4.62. The number of halogens is 2. The van der Waals surface area contributed by atoms with Gasteiger partial charge in [-0.2, -0.15) is 0 Å². The summed E-state index contributed by atoms with van der Waals surface area (Å²) in [5.74, 6) is -0.512. The Labute approximate surface area is 170 Å². The van der Waals surface area contributed by atoms with Gasteiger partial charge >= 0.3 is 0 Å². The van der Waals surface area contributed by atoms with Gasteiger partial charge in [0, 0.05) is 6.54 Å². The second-order valence-electron chi connectivity index (χ2n) is 6.53. The minimum Gasteiger partial charge on any atom is -0.343 e. The normalized spacial score (nSPS) is 17.8. The van der Waals surface area contributed by atoms with E-state index in [1.807, 2.05) is 49.4 Å². The smallest absolute Gasteiger partial charge is 0.249 e. The van der Waals surface area contributed by atoms with Crippen molar-refractivity contribution >= 4 is 41.5 Å². The van der Waals surface area contributed by atoms with Crippen LogP contribution in [0.3, 0.4) is 0 Å². The van der Waals surface area contributed by atoms with Crippen molar-refractivity contribution in [2.45, 2.75) is 31.8 Å². The van der Waals surface area contributed by atoms with E-state index >= 15 is 0 Å². The molecule has 27 heavy (non-hydrogen) atoms. The number of carbonyl (C=O) groups is 2. The van der Waals surface area contributed by atoms with Crippen LogP contribution < -0.4 is 16.0 Å². The largest absolute Gasteiger partial charge is 0.343 e. The number of aryl methyl sites for hydroxylation is 1. The fourth-order valence-electron chi connectivity index (χ4n) is 3.11. The van der Waals surface area contributed by atoms with E-state index in [2.05, 4.69) is 5.32 Å². The lowest BCUT2D eigenvalue weighted by atomic mass is 10.0. The maximum atomic E-state index is 12.8. The molecule has 2 unspecified atom stereocenters. The van der Waals surface area contributed by atoms with Gasteiger partial charge in [-0.05, 0) is 37.5 Å². The maximum Gasteiger partial charge on any atom is 0.249 e. The molecule has 1 aliphatic heterocycles. The second-order valence-corrected chi connectivity index (χ2v) is 6.94. The van der Waals surface area contributed by atoms with E-state index in [4.69, 9.17) is 17.3 Å². The number of benzene rings is 2. The average molecular weight is 408 g/mol. The Morgan fingerprint density at radius 2 is 1.89 bits per heavy atom. The highest BCUT2D eigenvalue weighted by molar-refractivity contribution is 6.33. The SMILES string of the molecule is Cc1ccc(C(N)C(=O)NC2CCCN(c3ccccc3Cl)C2=O)cc1.Cl. The number of nitrogens with one attached hydrogen (secondary N) is 1. The molecule has 0 aliphatic carbocycles. The van der Waals surface area contributed by atoms with Crippen molar-refractivity contribution in [1.82, 2.24) is 5.32 Å². The van der Waals surface area contributed by atoms with E-state index < -0.39 is 12.1 Å². The van der Waals surface area contributed by atoms with Gasteiger partial charge in [0.1, 0.15) is 12.1 Å². The predicted molar refractivity (Wildman–Crippen MR) is 110 cm³/mol. The van der Waals surface area contributed by atoms with Gasteiger partial charge in [-0.3, -0.25) is 9.59 Å². The van der Waals surface area contributed by atoms with Crippen molar-refractivity contribution in [3.8, 4) is 0 Å². The fraction of sp³-hybridized carbons (Fsp3) is 0.300. The van der Waals surface area contributed by atoms with Crippen LogP contribution in [0.25, 0.3) is 0 Å². The number of carbonyl (C=O) groups excluding carboxylic acids is 2. The summed E-state index contributed by atoms with van der Waals surface area (Å²) in [7, 11) is 0. The number of rotatable bonds is 4. The molecule has 1 aliphatic rings. The summed E-state index contributed by atoms with van der Waals surface area (Å²) in [6.45, 7) is 2.55. The van der Waals surface area contributed by atoms with E-state index in [0.717, 1.165) is 17.5 Å². The highest BCUT2D eigenvalue weighted by atomic mass is 35.5. The molecule has 2 atom stereocenters. The molecule has 1 heterocycles. The molecule has 2 aromatic rings. The summed E-state index contributed by atoms with van der Waals surface area (Å²) in [5.41, 5.74) is 8.55. The van der Waals surface area contributed by atoms with Crippen LogP contribution in [0.2, 0.25) is 5.02 Å². The number of nitrogens with zero attached hydrogens (tertiary/aromatic N) is 1. The molecular weight excluding hydrogens is 385 g/mol. The molecule has 2 aromatic carbocycles. The predicted octanol–water partition coefficient (Wildman–Crippen LogP) is 3.38. The summed E-state index contributed by atoms with van der Waals surface area (Å²) in [6, 6.07) is 13.3. The first-order valence-corrected chi connectivity index (χ1v) is 9.03. The van der Waals surface area contributed by atoms with Gasteiger partial charge in [-0.15, -0.1) is 12.4 Å². The van der Waals surface area contributed by atoms with Crippen molar-refractivity contribution < 1.29 is 9.59 Å². The van der Waals surface area contributed by atoms with Crippen molar-refractivity contribution in [2.24, 2.45) is 5.73 Å². The Morgan fingerprint density at radius 3 is 2.56 bits per heavy atom. The first-order chi connectivity index (χ1) is 12.5. The Morgan fingerprint density at radius 1 is 1.22 bits per heavy atom. The van der Waals surface area contributed by atoms with Crippen LogP contribution in [0, 0.1) is 6.92 Å². The lowest BCUT2D eigenvalue weighted by molar-refractivity contribution is -0.129. The quantitative estimate of drug-likeness (QED) is 0.815. The second kappa shape index (κ2) is 9.22. The number of hydrogen-bond donors (Lipinski definition) is 2. The van der Waals surface area contributed by atoms with E-state index in [9.17, 15) is 9.59 Å². The van der Waals surface area contributed by atoms with Gasteiger partial charge in [0.15, 0.2) is 0 Å². The van der Waals surface area contributed by atoms with E-state index in [1.165, 1.54) is 0 Å². The first-order valence-electron chi connectivity index (χ1n) is 8.66. The average Bonchev–Trinajstić information content (AvgIpc) is 2.64. The highest BCUT2D eigenvalue weighted by Gasteiger charge is 2.32. The summed E-state index contributed by atoms with van der Waals surface area (Å²) in [4.78, 5) is 27.0. The first kappa shape index (κ1) is 21.2. The lowest BCUT2D eigenvalue weighted by Crippen LogP contribution is -2.54. The van der Waals surface area contributed by atoms with E-state index in [1.54, 1.807) is 11.0 Å². The van der Waals surface area contributed by atoms with Crippen LogP contribution in [0.15, 0.2) is 48.5 Å². The van der Waals surface area contributed by atoms with Crippen LogP contribution >= 0.6 is 24.0 Å². The molecule has 1 fully saturated rings. The number of hydrogen-bond acceptors (Lipinski definition) is 3. The Hall–Kier alpha value is -2.08. The van der Waals surface area contributed by atoms with Crippen molar-refractivity contribution in [1.29, 1.82) is 0 Å². The third-order valence-corrected chi connectivity index (χ3v) is 4.94. The molecule has 7 heteroatoms. The van der Waals surface area contributed by atoms with Crippen molar-refractivity contribution in [3.05, 3.63) is 64.7 Å². The van der Waals surface area contributed by atoms with E-state index in [-0.39, 0.29) is 24.2 Å². The zero-order chi connectivity index (χ0) is 18.7. The molecule has 3 N–H and O–H groups in total. The zero-order valence-electron chi connectivity index (χ0n) is 15.0. The Bertz CT molecular complexity index is 811. The molecule has 3 rings (SSSR count). The van der Waals surface area contributed by atoms with Crippen LogP contribution in [-0.4, -0.2) is 24.4 Å². The molecule has 144 valence electrons. The summed E-state index contributed by atoms with van der Waals surface area (Å²) in [5, 5.41) is 3.32. The molecule has 0 aromatic heterocycles. The Balaban J connectivity index is 0.00000261. The molecule has 5 nitrogen and oxygen atoms in total. The lowest BCUT2D eigenvalue weighted by Gasteiger charge is -2.33. The number of nitrogens with two attached hydrogens (primary N) is 1. The number of amides is 2. The van der Waals surface area contributed by atoms with Crippen LogP contribution in [0.5, 0.6) is 0 Å². The minimum absolute atomic E-state index is 0. The molecule has 2 amide bonds. The molecule has 1 saturated heterocycles. The highest BCUT2D eigenvalue weighted by Crippen LogP contribution is 2.28. The fourth-order valence-corrected chi connectivity index (χ4v) is 3.34. The maximum absolute atomic E-state index is 12.8. The van der Waals surface area contributed by atoms with Crippen molar-refractivity contribution in [3.63, 3.8) is 0 Å². The number of para-hydroxylation sites is 1. The van der Waals surface area contributed by atoms with Gasteiger partial charge in [-0.25, -0.2) is 0 Å². The van der Waals surface area contributed by atoms with Crippen LogP contribution in [0.1, 0.15) is 30.0 Å². The summed E-state index contributed by atoms with van der Waals surface area (Å²) >= 11 is 6.22. The zero-order valence-corrected chi connectivity index (χ0v) is 16.6. The van der Waals surface area contributed by atoms with Gasteiger partial charge < -0.3 is 16.0 Å². The van der Waals surface area contributed by atoms with Crippen molar-refractivity contribution in [2.75, 3.05) is 11.4 Å². The standard InChI is InChI=1S/C20H22ClN3O2.ClH/c1-13-8-10-14(11-9-13)18(22)19(25)23-16-6-4-12-24(20(16)26)17-7-3-2-5-15(17)21;/h2-3,5,7-11,16,18H,4,6,12,22H2,1H3,(H,23,25);1H. The van der Waals surface area contributed by atoms with Gasteiger partial charge in [0.05, 0.1) is 10.7 Å². The third kappa shape index (κ3) is 4.80. The molecule has 0 saturated carbocycles. The number of anilines is 1. The monoisotopic (exact) mass is 407 g/mol. The Kier molecular flexibility index (Phi) is 7.25. The minimum atomic E-state index is -0.806. The van der Waals surface area contributed by atoms with Crippen LogP contribution in [0.4, 0.5) is 5.69 Å². The number of piperidine rings is 1. The van der Waals surface area contributed by atoms with Gasteiger partial charge in [0.25, 0.3) is 0 Å². The molecule has 0 bridgehead atoms. The van der Waals surface area contributed by atoms with Crippen LogP contribution in [-0.2, 0) is 9.59 Å². The summed E-state index contributed by atoms with van der Waals surface area (Å²) < 4.78 is 0. The molecular formula is C20H23Cl2N3O2. The molecule has 0 spiro atoms. The van der Waals surface area contributed by atoms with Gasteiger partial charge in [-0.1, -0.05) is 53.6 Å². The van der Waals surface area contributed by atoms with Gasteiger partial charge in [0.2, 0.25) is 11.8 Å². The summed E-state index contributed by atoms with van der Waals surface area (Å²) in [6.07, 6.45) is 1.37. The van der Waals surface area contributed by atoms with E-state index in [0.29, 0.717) is 23.7 Å². The molecule has 0 radical (unpaired) electrons.